The van der Waals surface area contributed by atoms with E-state index < -0.39 is 24.4 Å². The highest BCUT2D eigenvalue weighted by Crippen LogP contribution is 2.36. The van der Waals surface area contributed by atoms with Crippen LogP contribution in [0.4, 0.5) is 10.6 Å². The molecule has 33 heavy (non-hydrogen) atoms. The van der Waals surface area contributed by atoms with E-state index in [0.29, 0.717) is 18.5 Å². The second-order valence-corrected chi connectivity index (χ2v) is 8.02. The smallest absolute Gasteiger partial charge is 0.407 e. The van der Waals surface area contributed by atoms with Gasteiger partial charge in [-0.2, -0.15) is 10.4 Å². The van der Waals surface area contributed by atoms with Gasteiger partial charge in [-0.1, -0.05) is 0 Å². The molecule has 1 fully saturated rings. The lowest BCUT2D eigenvalue weighted by Crippen LogP contribution is -2.33. The highest BCUT2D eigenvalue weighted by Gasteiger charge is 2.30. The van der Waals surface area contributed by atoms with Crippen molar-refractivity contribution < 1.29 is 29.0 Å². The number of nitrogens with one attached hydrogen (secondary N) is 3. The van der Waals surface area contributed by atoms with Crippen LogP contribution in [0.25, 0.3) is 0 Å². The van der Waals surface area contributed by atoms with Gasteiger partial charge < -0.3 is 25.2 Å². The molecule has 1 aromatic carbocycles. The Morgan fingerprint density at radius 3 is 2.85 bits per heavy atom. The van der Waals surface area contributed by atoms with E-state index in [-0.39, 0.29) is 34.9 Å². The predicted octanol–water partition coefficient (Wildman–Crippen LogP) is 2.59. The minimum Gasteiger partial charge on any atom is -0.507 e. The first kappa shape index (κ1) is 23.6. The zero-order valence-electron chi connectivity index (χ0n) is 18.3. The van der Waals surface area contributed by atoms with E-state index in [4.69, 9.17) is 14.7 Å². The van der Waals surface area contributed by atoms with Crippen LogP contribution in [0.1, 0.15) is 60.6 Å². The summed E-state index contributed by atoms with van der Waals surface area (Å²) in [5.41, 5.74) is 0.756. The van der Waals surface area contributed by atoms with Crippen molar-refractivity contribution in [3.05, 3.63) is 35.0 Å². The first-order valence-corrected chi connectivity index (χ1v) is 10.5. The Bertz CT molecular complexity index is 1070. The lowest BCUT2D eigenvalue weighted by Gasteiger charge is -2.14. The number of carbonyl (C=O) groups excluding carboxylic acids is 3. The van der Waals surface area contributed by atoms with E-state index in [1.54, 1.807) is 6.07 Å². The highest BCUT2D eigenvalue weighted by molar-refractivity contribution is 5.91. The first-order valence-electron chi connectivity index (χ1n) is 10.5. The van der Waals surface area contributed by atoms with Crippen molar-refractivity contribution in [2.24, 2.45) is 0 Å². The molecule has 0 bridgehead atoms. The number of H-pyrrole nitrogens is 1. The van der Waals surface area contributed by atoms with Crippen molar-refractivity contribution >= 4 is 24.1 Å². The summed E-state index contributed by atoms with van der Waals surface area (Å²) in [6.45, 7) is 3.26. The molecule has 0 aliphatic heterocycles. The molecule has 11 nitrogen and oxygen atoms in total. The number of amides is 2. The van der Waals surface area contributed by atoms with Crippen LogP contribution in [0.15, 0.2) is 18.2 Å². The van der Waals surface area contributed by atoms with Crippen LogP contribution in [0, 0.1) is 11.3 Å². The van der Waals surface area contributed by atoms with Crippen molar-refractivity contribution in [2.45, 2.75) is 51.2 Å². The number of anilines is 1. The molecule has 2 unspecified atom stereocenters. The average molecular weight is 455 g/mol. The molecular weight excluding hydrogens is 430 g/mol. The zero-order chi connectivity index (χ0) is 24.0. The molecule has 4 N–H and O–H groups in total. The quantitative estimate of drug-likeness (QED) is 0.441. The van der Waals surface area contributed by atoms with Gasteiger partial charge in [0.25, 0.3) is 5.91 Å². The van der Waals surface area contributed by atoms with Gasteiger partial charge in [0.2, 0.25) is 0 Å². The number of phenolic OH excluding ortho intramolecular Hbond substituents is 1. The number of aromatic hydroxyl groups is 1. The third-order valence-electron chi connectivity index (χ3n) is 5.10. The minimum atomic E-state index is -0.537. The summed E-state index contributed by atoms with van der Waals surface area (Å²) in [6.07, 6.45) is 1.96. The fourth-order valence-electron chi connectivity index (χ4n) is 3.60. The molecular formula is C22H25N5O6. The van der Waals surface area contributed by atoms with Gasteiger partial charge in [0.15, 0.2) is 18.7 Å². The Labute approximate surface area is 190 Å². The van der Waals surface area contributed by atoms with Crippen molar-refractivity contribution in [2.75, 3.05) is 11.9 Å². The van der Waals surface area contributed by atoms with E-state index in [0.717, 1.165) is 24.6 Å². The molecule has 174 valence electrons. The number of aromatic amines is 1. The summed E-state index contributed by atoms with van der Waals surface area (Å²) < 4.78 is 10.8. The van der Waals surface area contributed by atoms with E-state index in [1.807, 2.05) is 19.9 Å². The van der Waals surface area contributed by atoms with E-state index >= 15 is 0 Å². The topological polar surface area (TPSA) is 166 Å². The summed E-state index contributed by atoms with van der Waals surface area (Å²) in [5, 5.41) is 31.1. The van der Waals surface area contributed by atoms with Gasteiger partial charge in [0.1, 0.15) is 17.6 Å². The van der Waals surface area contributed by atoms with Crippen LogP contribution in [0.2, 0.25) is 0 Å². The maximum absolute atomic E-state index is 12.2. The Morgan fingerprint density at radius 2 is 2.15 bits per heavy atom. The number of hydrogen-bond acceptors (Lipinski definition) is 8. The summed E-state index contributed by atoms with van der Waals surface area (Å²) in [7, 11) is 0. The fourth-order valence-corrected chi connectivity index (χ4v) is 3.60. The third kappa shape index (κ3) is 6.22. The number of aldehydes is 1. The van der Waals surface area contributed by atoms with Crippen molar-refractivity contribution in [3.8, 4) is 17.6 Å². The Kier molecular flexibility index (Phi) is 7.50. The van der Waals surface area contributed by atoms with Gasteiger partial charge in [0.05, 0.1) is 17.2 Å². The first-order chi connectivity index (χ1) is 15.8. The van der Waals surface area contributed by atoms with Gasteiger partial charge in [-0.05, 0) is 45.2 Å². The number of rotatable bonds is 8. The number of nitriles is 1. The molecule has 1 aliphatic rings. The van der Waals surface area contributed by atoms with Gasteiger partial charge in [-0.15, -0.1) is 0 Å². The molecule has 0 saturated heterocycles. The number of nitrogens with zero attached hydrogens (tertiary/aromatic N) is 2. The molecule has 11 heteroatoms. The molecule has 1 aromatic heterocycles. The van der Waals surface area contributed by atoms with Crippen molar-refractivity contribution in [1.82, 2.24) is 15.5 Å². The monoisotopic (exact) mass is 455 g/mol. The molecule has 1 aliphatic carbocycles. The van der Waals surface area contributed by atoms with E-state index in [1.165, 1.54) is 6.07 Å². The Morgan fingerprint density at radius 1 is 1.36 bits per heavy atom. The third-order valence-corrected chi connectivity index (χ3v) is 5.10. The number of carbonyl (C=O) groups is 3. The molecule has 1 saturated carbocycles. The van der Waals surface area contributed by atoms with Crippen LogP contribution in [-0.2, 0) is 9.53 Å². The van der Waals surface area contributed by atoms with Crippen LogP contribution in [0.5, 0.6) is 11.5 Å². The second kappa shape index (κ2) is 10.5. The maximum atomic E-state index is 12.2. The van der Waals surface area contributed by atoms with E-state index in [2.05, 4.69) is 20.8 Å². The van der Waals surface area contributed by atoms with Gasteiger partial charge >= 0.3 is 6.09 Å². The summed E-state index contributed by atoms with van der Waals surface area (Å²) >= 11 is 0. The lowest BCUT2D eigenvalue weighted by molar-refractivity contribution is -0.118. The largest absolute Gasteiger partial charge is 0.507 e. The molecule has 2 amide bonds. The Balaban J connectivity index is 1.53. The fraction of sp³-hybridized carbons (Fsp3) is 0.409. The SMILES string of the molecule is CC(C)NC(=O)OC1CCC(c2cc(NC(=O)COc3cc(C#N)cc(O)c3C=O)n[nH]2)C1. The average Bonchev–Trinajstić information content (AvgIpc) is 3.40. The Hall–Kier alpha value is -4.07. The highest BCUT2D eigenvalue weighted by atomic mass is 16.6. The second-order valence-electron chi connectivity index (χ2n) is 8.02. The number of hydrogen-bond donors (Lipinski definition) is 4. The number of benzene rings is 1. The van der Waals surface area contributed by atoms with Gasteiger partial charge in [-0.3, -0.25) is 14.7 Å². The van der Waals surface area contributed by atoms with Crippen LogP contribution in [0.3, 0.4) is 0 Å². The molecule has 3 rings (SSSR count). The molecule has 0 spiro atoms. The molecule has 1 heterocycles. The van der Waals surface area contributed by atoms with Crippen LogP contribution >= 0.6 is 0 Å². The summed E-state index contributed by atoms with van der Waals surface area (Å²) in [4.78, 5) is 35.2. The van der Waals surface area contributed by atoms with Crippen LogP contribution in [-0.4, -0.2) is 52.3 Å². The molecule has 2 atom stereocenters. The standard InChI is InChI=1S/C22H25N5O6/c1-12(2)24-22(31)33-15-4-3-14(7-15)17-8-20(27-26-17)25-21(30)11-32-19-6-13(9-23)5-18(29)16(19)10-28/h5-6,8,10,12,14-15,29H,3-4,7,11H2,1-2H3,(H,24,31)(H2,25,26,27,30). The zero-order valence-corrected chi connectivity index (χ0v) is 18.3. The predicted molar refractivity (Wildman–Crippen MR) is 116 cm³/mol. The normalized spacial score (nSPS) is 17.3. The molecule has 0 radical (unpaired) electrons. The van der Waals surface area contributed by atoms with Crippen molar-refractivity contribution in [1.29, 1.82) is 5.26 Å². The summed E-state index contributed by atoms with van der Waals surface area (Å²) in [6, 6.07) is 5.95. The van der Waals surface area contributed by atoms with Gasteiger partial charge in [-0.25, -0.2) is 4.79 Å². The number of phenols is 1. The lowest BCUT2D eigenvalue weighted by atomic mass is 10.0. The summed E-state index contributed by atoms with van der Waals surface area (Å²) in [5.74, 6) is -0.604. The van der Waals surface area contributed by atoms with E-state index in [9.17, 15) is 19.5 Å². The van der Waals surface area contributed by atoms with Crippen LogP contribution < -0.4 is 15.4 Å². The number of alkyl carbamates (subject to hydrolysis) is 1. The van der Waals surface area contributed by atoms with Gasteiger partial charge in [0, 0.05) is 23.7 Å². The number of aromatic nitrogens is 2. The molecule has 2 aromatic rings. The maximum Gasteiger partial charge on any atom is 0.407 e. The number of ether oxygens (including phenoxy) is 2. The minimum absolute atomic E-state index is 0.00320. The van der Waals surface area contributed by atoms with Crippen molar-refractivity contribution in [3.63, 3.8) is 0 Å².